The molecule has 0 aliphatic rings. The Kier molecular flexibility index (Phi) is 3.12. The molecule has 0 spiro atoms. The van der Waals surface area contributed by atoms with Crippen LogP contribution in [0, 0.1) is 0 Å². The minimum Gasteiger partial charge on any atom is -0.392 e. The molecule has 0 aliphatic carbocycles. The third kappa shape index (κ3) is 1.58. The van der Waals surface area contributed by atoms with Crippen molar-refractivity contribution in [2.24, 2.45) is 0 Å². The highest BCUT2D eigenvalue weighted by molar-refractivity contribution is 9.10. The molecule has 2 rings (SSSR count). The van der Waals surface area contributed by atoms with Gasteiger partial charge in [0, 0.05) is 15.1 Å². The van der Waals surface area contributed by atoms with Gasteiger partial charge in [-0.2, -0.15) is 0 Å². The van der Waals surface area contributed by atoms with Crippen LogP contribution in [0.4, 0.5) is 0 Å². The zero-order valence-electron chi connectivity index (χ0n) is 7.26. The van der Waals surface area contributed by atoms with Crippen LogP contribution < -0.4 is 0 Å². The van der Waals surface area contributed by atoms with Crippen molar-refractivity contribution >= 4 is 49.0 Å². The Labute approximate surface area is 99.4 Å². The second-order valence-electron chi connectivity index (χ2n) is 2.95. The van der Waals surface area contributed by atoms with Gasteiger partial charge in [-0.3, -0.25) is 0 Å². The third-order valence-electron chi connectivity index (χ3n) is 2.20. The van der Waals surface area contributed by atoms with Crippen LogP contribution in [0.2, 0.25) is 0 Å². The normalized spacial score (nSPS) is 11.1. The van der Waals surface area contributed by atoms with Crippen molar-refractivity contribution in [2.75, 3.05) is 0 Å². The van der Waals surface area contributed by atoms with Gasteiger partial charge in [-0.1, -0.05) is 0 Å². The van der Waals surface area contributed by atoms with Crippen molar-refractivity contribution in [3.63, 3.8) is 0 Å². The van der Waals surface area contributed by atoms with Crippen molar-refractivity contribution in [1.82, 2.24) is 0 Å². The fourth-order valence-electron chi connectivity index (χ4n) is 1.52. The lowest BCUT2D eigenvalue weighted by Crippen LogP contribution is -1.92. The van der Waals surface area contributed by atoms with E-state index in [9.17, 15) is 5.11 Å². The van der Waals surface area contributed by atoms with E-state index in [2.05, 4.69) is 15.9 Å². The van der Waals surface area contributed by atoms with E-state index in [1.54, 1.807) is 11.3 Å². The summed E-state index contributed by atoms with van der Waals surface area (Å²) in [6.45, 7) is 0.0442. The largest absolute Gasteiger partial charge is 0.392 e. The zero-order chi connectivity index (χ0) is 10.1. The van der Waals surface area contributed by atoms with Crippen LogP contribution in [-0.2, 0) is 12.5 Å². The third-order valence-corrected chi connectivity index (χ3v) is 4.32. The van der Waals surface area contributed by atoms with Crippen LogP contribution in [0.3, 0.4) is 0 Å². The van der Waals surface area contributed by atoms with Crippen LogP contribution in [-0.4, -0.2) is 5.11 Å². The molecule has 1 aromatic heterocycles. The molecule has 0 radical (unpaired) electrons. The zero-order valence-corrected chi connectivity index (χ0v) is 10.4. The van der Waals surface area contributed by atoms with Gasteiger partial charge in [0.1, 0.15) is 0 Å². The van der Waals surface area contributed by atoms with Crippen molar-refractivity contribution in [2.45, 2.75) is 12.5 Å². The summed E-state index contributed by atoms with van der Waals surface area (Å²) < 4.78 is 2.22. The molecule has 0 fully saturated rings. The molecule has 0 saturated carbocycles. The molecule has 0 saturated heterocycles. The molecule has 14 heavy (non-hydrogen) atoms. The maximum Gasteiger partial charge on any atom is 0.0691 e. The molecule has 1 aromatic carbocycles. The SMILES string of the molecule is OCc1c(CCl)cc(Br)c2sccc12. The van der Waals surface area contributed by atoms with Crippen molar-refractivity contribution in [3.05, 3.63) is 33.1 Å². The van der Waals surface area contributed by atoms with Crippen LogP contribution in [0.15, 0.2) is 22.0 Å². The minimum absolute atomic E-state index is 0.0442. The number of benzene rings is 1. The number of fused-ring (bicyclic) bond motifs is 1. The number of aliphatic hydroxyl groups is 1. The molecule has 0 aliphatic heterocycles. The first-order valence-electron chi connectivity index (χ1n) is 4.12. The predicted octanol–water partition coefficient (Wildman–Crippen LogP) is 3.89. The van der Waals surface area contributed by atoms with E-state index < -0.39 is 0 Å². The summed E-state index contributed by atoms with van der Waals surface area (Å²) in [5.74, 6) is 0.431. The lowest BCUT2D eigenvalue weighted by atomic mass is 10.1. The molecule has 0 bridgehead atoms. The number of hydrogen-bond acceptors (Lipinski definition) is 2. The van der Waals surface area contributed by atoms with Crippen LogP contribution in [0.1, 0.15) is 11.1 Å². The average molecular weight is 292 g/mol. The van der Waals surface area contributed by atoms with Gasteiger partial charge < -0.3 is 5.11 Å². The van der Waals surface area contributed by atoms with Crippen LogP contribution in [0.5, 0.6) is 0 Å². The molecule has 0 atom stereocenters. The van der Waals surface area contributed by atoms with Gasteiger partial charge in [-0.05, 0) is 50.0 Å². The number of alkyl halides is 1. The summed E-state index contributed by atoms with van der Waals surface area (Å²) in [4.78, 5) is 0. The number of hydrogen-bond donors (Lipinski definition) is 1. The standard InChI is InChI=1S/C10H8BrClOS/c11-9-3-6(4-12)8(5-13)7-1-2-14-10(7)9/h1-3,13H,4-5H2. The highest BCUT2D eigenvalue weighted by Crippen LogP contribution is 2.34. The van der Waals surface area contributed by atoms with E-state index in [1.807, 2.05) is 17.5 Å². The van der Waals surface area contributed by atoms with Gasteiger partial charge >= 0.3 is 0 Å². The summed E-state index contributed by atoms with van der Waals surface area (Å²) in [7, 11) is 0. The quantitative estimate of drug-likeness (QED) is 0.832. The smallest absolute Gasteiger partial charge is 0.0691 e. The predicted molar refractivity (Wildman–Crippen MR) is 65.0 cm³/mol. The summed E-state index contributed by atoms with van der Waals surface area (Å²) in [5, 5.41) is 12.4. The molecular formula is C10H8BrClOS. The van der Waals surface area contributed by atoms with Crippen LogP contribution >= 0.6 is 38.9 Å². The monoisotopic (exact) mass is 290 g/mol. The Morgan fingerprint density at radius 2 is 2.29 bits per heavy atom. The van der Waals surface area contributed by atoms with E-state index in [4.69, 9.17) is 11.6 Å². The van der Waals surface area contributed by atoms with Gasteiger partial charge in [-0.25, -0.2) is 0 Å². The summed E-state index contributed by atoms with van der Waals surface area (Å²) in [6.07, 6.45) is 0. The van der Waals surface area contributed by atoms with E-state index >= 15 is 0 Å². The van der Waals surface area contributed by atoms with E-state index in [0.29, 0.717) is 5.88 Å². The lowest BCUT2D eigenvalue weighted by molar-refractivity contribution is 0.282. The number of thiophene rings is 1. The van der Waals surface area contributed by atoms with Gasteiger partial charge in [0.15, 0.2) is 0 Å². The molecule has 1 N–H and O–H groups in total. The second kappa shape index (κ2) is 4.19. The fourth-order valence-corrected chi connectivity index (χ4v) is 3.36. The van der Waals surface area contributed by atoms with Crippen molar-refractivity contribution in [1.29, 1.82) is 0 Å². The number of halogens is 2. The molecule has 2 aromatic rings. The summed E-state index contributed by atoms with van der Waals surface area (Å²) in [5.41, 5.74) is 1.94. The Morgan fingerprint density at radius 3 is 2.93 bits per heavy atom. The van der Waals surface area contributed by atoms with Crippen LogP contribution in [0.25, 0.3) is 10.1 Å². The Bertz CT molecular complexity index is 466. The minimum atomic E-state index is 0.0442. The highest BCUT2D eigenvalue weighted by Gasteiger charge is 2.10. The molecule has 0 unspecified atom stereocenters. The van der Waals surface area contributed by atoms with Gasteiger partial charge in [0.2, 0.25) is 0 Å². The van der Waals surface area contributed by atoms with Gasteiger partial charge in [0.05, 0.1) is 6.61 Å². The summed E-state index contributed by atoms with van der Waals surface area (Å²) >= 11 is 11.0. The molecule has 74 valence electrons. The summed E-state index contributed by atoms with van der Waals surface area (Å²) in [6, 6.07) is 4.00. The molecule has 1 heterocycles. The number of aliphatic hydroxyl groups excluding tert-OH is 1. The van der Waals surface area contributed by atoms with Crippen molar-refractivity contribution in [3.8, 4) is 0 Å². The Morgan fingerprint density at radius 1 is 1.50 bits per heavy atom. The van der Waals surface area contributed by atoms with E-state index in [1.165, 1.54) is 4.70 Å². The average Bonchev–Trinajstić information content (AvgIpc) is 2.66. The first-order chi connectivity index (χ1) is 6.77. The molecular weight excluding hydrogens is 284 g/mol. The first-order valence-corrected chi connectivity index (χ1v) is 6.33. The second-order valence-corrected chi connectivity index (χ2v) is 4.99. The number of rotatable bonds is 2. The lowest BCUT2D eigenvalue weighted by Gasteiger charge is -2.07. The molecule has 4 heteroatoms. The Hall–Kier alpha value is -0.0900. The van der Waals surface area contributed by atoms with Gasteiger partial charge in [0.25, 0.3) is 0 Å². The van der Waals surface area contributed by atoms with Crippen molar-refractivity contribution < 1.29 is 5.11 Å². The molecule has 0 amide bonds. The highest BCUT2D eigenvalue weighted by atomic mass is 79.9. The fraction of sp³-hybridized carbons (Fsp3) is 0.200. The van der Waals surface area contributed by atoms with E-state index in [-0.39, 0.29) is 6.61 Å². The maximum atomic E-state index is 9.29. The van der Waals surface area contributed by atoms with Gasteiger partial charge in [-0.15, -0.1) is 22.9 Å². The topological polar surface area (TPSA) is 20.2 Å². The maximum absolute atomic E-state index is 9.29. The Balaban J connectivity index is 2.82. The van der Waals surface area contributed by atoms with E-state index in [0.717, 1.165) is 21.0 Å². The molecule has 1 nitrogen and oxygen atoms in total. The first kappa shape index (κ1) is 10.4.